The highest BCUT2D eigenvalue weighted by Gasteiger charge is 2.53. The van der Waals surface area contributed by atoms with Gasteiger partial charge in [0.1, 0.15) is 0 Å². The van der Waals surface area contributed by atoms with E-state index >= 15 is 0 Å². The lowest BCUT2D eigenvalue weighted by Crippen LogP contribution is -2.63. The second-order valence-electron chi connectivity index (χ2n) is 12.9. The average molecular weight is 515 g/mol. The van der Waals surface area contributed by atoms with Crippen molar-refractivity contribution in [1.82, 2.24) is 10.3 Å². The van der Waals surface area contributed by atoms with Gasteiger partial charge in [-0.2, -0.15) is 0 Å². The van der Waals surface area contributed by atoms with E-state index in [1.54, 1.807) is 5.57 Å². The fraction of sp³-hybridized carbons (Fsp3) is 0.618. The Balaban J connectivity index is 1.08. The van der Waals surface area contributed by atoms with Gasteiger partial charge < -0.3 is 16.4 Å². The van der Waals surface area contributed by atoms with E-state index in [1.807, 2.05) is 0 Å². The standard InChI is InChI=1S/C34H50N4/c1-5-27-28-21-24(2)22-34(27,23-31(35)33(28,3)4)37-20-14-8-6-7-13-19-36-32-25-15-9-11-17-29(25)38-30-18-12-10-16-26(30)32/h5,9,11,15,17,21,28,31,37H,6-8,10,12-14,16,18-20,22-23,35H2,1-4H3,(H,36,38)/b27-5+/t28-,31?,34?/m1/s1. The first-order valence-corrected chi connectivity index (χ1v) is 15.3. The van der Waals surface area contributed by atoms with Gasteiger partial charge in [0.15, 0.2) is 0 Å². The number of pyridine rings is 1. The molecule has 0 aliphatic heterocycles. The Morgan fingerprint density at radius 3 is 2.58 bits per heavy atom. The van der Waals surface area contributed by atoms with E-state index in [2.05, 4.69) is 74.7 Å². The maximum atomic E-state index is 6.75. The molecule has 1 fully saturated rings. The minimum Gasteiger partial charge on any atom is -0.384 e. The molecule has 2 bridgehead atoms. The largest absolute Gasteiger partial charge is 0.384 e. The molecule has 0 saturated heterocycles. The molecule has 38 heavy (non-hydrogen) atoms. The van der Waals surface area contributed by atoms with Gasteiger partial charge in [-0.3, -0.25) is 4.98 Å². The van der Waals surface area contributed by atoms with E-state index in [0.29, 0.717) is 5.92 Å². The van der Waals surface area contributed by atoms with Crippen molar-refractivity contribution in [2.45, 2.75) is 110 Å². The monoisotopic (exact) mass is 514 g/mol. The summed E-state index contributed by atoms with van der Waals surface area (Å²) in [7, 11) is 0. The minimum absolute atomic E-state index is 0.0591. The minimum atomic E-state index is 0.0591. The third-order valence-electron chi connectivity index (χ3n) is 9.84. The quantitative estimate of drug-likeness (QED) is 0.227. The average Bonchev–Trinajstić information content (AvgIpc) is 2.90. The first-order valence-electron chi connectivity index (χ1n) is 15.3. The van der Waals surface area contributed by atoms with E-state index in [4.69, 9.17) is 10.7 Å². The molecule has 0 radical (unpaired) electrons. The molecule has 2 aromatic rings. The molecule has 1 aromatic heterocycles. The molecule has 5 rings (SSSR count). The smallest absolute Gasteiger partial charge is 0.0726 e. The highest BCUT2D eigenvalue weighted by Crippen LogP contribution is 2.53. The van der Waals surface area contributed by atoms with Crippen LogP contribution in [-0.2, 0) is 12.8 Å². The number of nitrogens with two attached hydrogens (primary N) is 1. The Hall–Kier alpha value is -2.17. The maximum Gasteiger partial charge on any atom is 0.0726 e. The summed E-state index contributed by atoms with van der Waals surface area (Å²) < 4.78 is 0. The topological polar surface area (TPSA) is 63.0 Å². The zero-order valence-corrected chi connectivity index (χ0v) is 24.3. The molecule has 3 aliphatic carbocycles. The molecule has 3 atom stereocenters. The van der Waals surface area contributed by atoms with Crippen molar-refractivity contribution in [2.24, 2.45) is 17.1 Å². The molecule has 1 heterocycles. The fourth-order valence-electron chi connectivity index (χ4n) is 7.57. The first kappa shape index (κ1) is 27.4. The molecule has 3 aliphatic rings. The number of nitrogens with zero attached hydrogens (tertiary/aromatic N) is 1. The summed E-state index contributed by atoms with van der Waals surface area (Å²) >= 11 is 0. The molecule has 2 unspecified atom stereocenters. The van der Waals surface area contributed by atoms with Crippen LogP contribution in [0.5, 0.6) is 0 Å². The Labute approximate surface area is 230 Å². The number of rotatable bonds is 10. The van der Waals surface area contributed by atoms with Crippen molar-refractivity contribution in [3.63, 3.8) is 0 Å². The van der Waals surface area contributed by atoms with Crippen molar-refractivity contribution < 1.29 is 0 Å². The van der Waals surface area contributed by atoms with E-state index in [0.717, 1.165) is 44.3 Å². The lowest BCUT2D eigenvalue weighted by molar-refractivity contribution is 0.111. The van der Waals surface area contributed by atoms with Crippen molar-refractivity contribution in [3.8, 4) is 0 Å². The van der Waals surface area contributed by atoms with Crippen molar-refractivity contribution in [2.75, 3.05) is 18.4 Å². The summed E-state index contributed by atoms with van der Waals surface area (Å²) in [6, 6.07) is 8.87. The van der Waals surface area contributed by atoms with E-state index < -0.39 is 0 Å². The summed E-state index contributed by atoms with van der Waals surface area (Å²) in [4.78, 5) is 4.98. The second kappa shape index (κ2) is 11.5. The van der Waals surface area contributed by atoms with Crippen LogP contribution in [0.25, 0.3) is 10.9 Å². The van der Waals surface area contributed by atoms with E-state index in [9.17, 15) is 0 Å². The highest BCUT2D eigenvalue weighted by molar-refractivity contribution is 5.93. The van der Waals surface area contributed by atoms with Crippen LogP contribution in [0.3, 0.4) is 0 Å². The number of benzene rings is 1. The fourth-order valence-corrected chi connectivity index (χ4v) is 7.57. The highest BCUT2D eigenvalue weighted by atomic mass is 15.0. The zero-order valence-electron chi connectivity index (χ0n) is 24.3. The molecule has 0 spiro atoms. The van der Waals surface area contributed by atoms with Gasteiger partial charge in [-0.25, -0.2) is 0 Å². The zero-order chi connectivity index (χ0) is 26.8. The summed E-state index contributed by atoms with van der Waals surface area (Å²) in [6.07, 6.45) is 18.2. The van der Waals surface area contributed by atoms with Crippen LogP contribution < -0.4 is 16.4 Å². The Morgan fingerprint density at radius 2 is 1.76 bits per heavy atom. The van der Waals surface area contributed by atoms with Gasteiger partial charge in [-0.05, 0) is 94.4 Å². The van der Waals surface area contributed by atoms with Crippen molar-refractivity contribution in [1.29, 1.82) is 0 Å². The SMILES string of the molecule is C/C=C1\[C@H]2C=C(C)CC1(NCCCCCCCNc1c3c(nc4ccccc14)CCCC3)CC(N)C2(C)C. The lowest BCUT2D eigenvalue weighted by atomic mass is 9.53. The Bertz CT molecular complexity index is 1190. The van der Waals surface area contributed by atoms with Gasteiger partial charge >= 0.3 is 0 Å². The number of allylic oxidation sites excluding steroid dienone is 2. The predicted molar refractivity (Wildman–Crippen MR) is 163 cm³/mol. The van der Waals surface area contributed by atoms with Gasteiger partial charge in [-0.1, -0.05) is 69.0 Å². The summed E-state index contributed by atoms with van der Waals surface area (Å²) in [5, 5.41) is 9.15. The number of fused-ring (bicyclic) bond motifs is 4. The number of para-hydroxylation sites is 1. The normalized spacial score (nSPS) is 27.3. The molecule has 4 nitrogen and oxygen atoms in total. The molecule has 1 saturated carbocycles. The van der Waals surface area contributed by atoms with Crippen molar-refractivity contribution in [3.05, 3.63) is 58.8 Å². The third-order valence-corrected chi connectivity index (χ3v) is 9.84. The molecular weight excluding hydrogens is 464 g/mol. The number of aromatic nitrogens is 1. The number of hydrogen-bond donors (Lipinski definition) is 3. The van der Waals surface area contributed by atoms with Crippen LogP contribution in [0, 0.1) is 11.3 Å². The van der Waals surface area contributed by atoms with E-state index in [1.165, 1.54) is 72.8 Å². The van der Waals surface area contributed by atoms with Gasteiger partial charge in [-0.15, -0.1) is 0 Å². The van der Waals surface area contributed by atoms with Crippen molar-refractivity contribution >= 4 is 16.6 Å². The van der Waals surface area contributed by atoms with Crippen LogP contribution in [0.15, 0.2) is 47.6 Å². The van der Waals surface area contributed by atoms with Gasteiger partial charge in [0, 0.05) is 40.8 Å². The summed E-state index contributed by atoms with van der Waals surface area (Å²) in [6.45, 7) is 11.4. The molecule has 4 heteroatoms. The molecule has 1 aromatic carbocycles. The number of unbranched alkanes of at least 4 members (excludes halogenated alkanes) is 4. The summed E-state index contributed by atoms with van der Waals surface area (Å²) in [5.74, 6) is 0.452. The van der Waals surface area contributed by atoms with E-state index in [-0.39, 0.29) is 17.0 Å². The number of nitrogens with one attached hydrogen (secondary N) is 2. The second-order valence-corrected chi connectivity index (χ2v) is 12.9. The van der Waals surface area contributed by atoms with Gasteiger partial charge in [0.05, 0.1) is 5.52 Å². The molecule has 0 amide bonds. The Morgan fingerprint density at radius 1 is 1.03 bits per heavy atom. The van der Waals surface area contributed by atoms with Gasteiger partial charge in [0.2, 0.25) is 0 Å². The van der Waals surface area contributed by atoms with Crippen LogP contribution in [0.2, 0.25) is 0 Å². The maximum absolute atomic E-state index is 6.75. The third kappa shape index (κ3) is 5.31. The number of anilines is 1. The Kier molecular flexibility index (Phi) is 8.30. The molecule has 206 valence electrons. The summed E-state index contributed by atoms with van der Waals surface area (Å²) in [5.41, 5.74) is 15.3. The van der Waals surface area contributed by atoms with Crippen LogP contribution in [-0.4, -0.2) is 29.7 Å². The van der Waals surface area contributed by atoms with Gasteiger partial charge in [0.25, 0.3) is 0 Å². The number of aryl methyl sites for hydroxylation is 1. The van der Waals surface area contributed by atoms with Crippen LogP contribution in [0.4, 0.5) is 5.69 Å². The van der Waals surface area contributed by atoms with Crippen LogP contribution >= 0.6 is 0 Å². The predicted octanol–water partition coefficient (Wildman–Crippen LogP) is 7.47. The van der Waals surface area contributed by atoms with Crippen LogP contribution in [0.1, 0.15) is 96.7 Å². The lowest BCUT2D eigenvalue weighted by Gasteiger charge is -2.56. The number of hydrogen-bond acceptors (Lipinski definition) is 4. The first-order chi connectivity index (χ1) is 18.4. The molecular formula is C34H50N4. The molecule has 4 N–H and O–H groups in total.